The predicted molar refractivity (Wildman–Crippen MR) is 245 cm³/mol. The first kappa shape index (κ1) is 47.9. The molecule has 2 aliphatic heterocycles. The molecule has 0 unspecified atom stereocenters. The zero-order valence-corrected chi connectivity index (χ0v) is 38.2. The first-order valence-electron chi connectivity index (χ1n) is 22.3. The van der Waals surface area contributed by atoms with Gasteiger partial charge in [-0.05, 0) is 47.0 Å². The number of esters is 2. The van der Waals surface area contributed by atoms with Crippen LogP contribution in [0.3, 0.4) is 0 Å². The average Bonchev–Trinajstić information content (AvgIpc) is 3.32. The van der Waals surface area contributed by atoms with Gasteiger partial charge in [0.1, 0.15) is 37.1 Å². The van der Waals surface area contributed by atoms with Gasteiger partial charge in [-0.15, -0.1) is 0 Å². The molecular weight excluding hydrogens is 845 g/mol. The number of aliphatic hydroxyl groups excluding tert-OH is 1. The lowest BCUT2D eigenvalue weighted by molar-refractivity contribution is -0.354. The molecule has 5 aromatic rings. The van der Waals surface area contributed by atoms with E-state index in [1.807, 2.05) is 91.0 Å². The van der Waals surface area contributed by atoms with Crippen molar-refractivity contribution in [1.29, 1.82) is 0 Å². The molecule has 5 aromatic carbocycles. The zero-order chi connectivity index (χ0) is 45.4. The van der Waals surface area contributed by atoms with E-state index in [4.69, 9.17) is 42.6 Å². The van der Waals surface area contributed by atoms with Gasteiger partial charge in [0.15, 0.2) is 18.7 Å². The zero-order valence-electron chi connectivity index (χ0n) is 37.2. The van der Waals surface area contributed by atoms with E-state index in [2.05, 4.69) is 19.6 Å². The molecule has 2 fully saturated rings. The van der Waals surface area contributed by atoms with E-state index in [1.165, 1.54) is 0 Å². The first-order chi connectivity index (χ1) is 31.6. The highest BCUT2D eigenvalue weighted by atomic mass is 28.3. The Labute approximate surface area is 382 Å². The van der Waals surface area contributed by atoms with Crippen LogP contribution in [0, 0.1) is 0 Å². The second-order valence-corrected chi connectivity index (χ2v) is 23.1. The lowest BCUT2D eigenvalue weighted by Crippen LogP contribution is -2.63. The van der Waals surface area contributed by atoms with Gasteiger partial charge in [-0.1, -0.05) is 147 Å². The third kappa shape index (κ3) is 14.5. The summed E-state index contributed by atoms with van der Waals surface area (Å²) in [7, 11) is -1.52. The third-order valence-electron chi connectivity index (χ3n) is 11.1. The molecule has 0 spiro atoms. The van der Waals surface area contributed by atoms with E-state index >= 15 is 0 Å². The Morgan fingerprint density at radius 1 is 0.569 bits per heavy atom. The molecular formula is C52H60O12Si. The molecule has 7 rings (SSSR count). The maximum absolute atomic E-state index is 13.4. The number of hydrogen-bond acceptors (Lipinski definition) is 12. The summed E-state index contributed by atoms with van der Waals surface area (Å²) in [6.45, 7) is 7.79. The van der Waals surface area contributed by atoms with Crippen LogP contribution < -0.4 is 0 Å². The van der Waals surface area contributed by atoms with Crippen molar-refractivity contribution >= 4 is 20.0 Å². The number of benzene rings is 5. The van der Waals surface area contributed by atoms with Crippen LogP contribution in [0.4, 0.5) is 0 Å². The summed E-state index contributed by atoms with van der Waals surface area (Å²) < 4.78 is 58.7. The van der Waals surface area contributed by atoms with Crippen LogP contribution in [0.15, 0.2) is 152 Å². The van der Waals surface area contributed by atoms with Gasteiger partial charge in [0.2, 0.25) is 0 Å². The van der Waals surface area contributed by atoms with Gasteiger partial charge in [0.25, 0.3) is 0 Å². The van der Waals surface area contributed by atoms with Gasteiger partial charge in [0, 0.05) is 21.1 Å². The summed E-state index contributed by atoms with van der Waals surface area (Å²) >= 11 is 0. The summed E-state index contributed by atoms with van der Waals surface area (Å²) in [6, 6.07) is 47.3. The molecule has 0 aromatic heterocycles. The topological polar surface area (TPSA) is 137 Å². The van der Waals surface area contributed by atoms with Gasteiger partial charge in [0.05, 0.1) is 43.7 Å². The van der Waals surface area contributed by atoms with Crippen molar-refractivity contribution in [2.45, 2.75) is 107 Å². The lowest BCUT2D eigenvalue weighted by Gasteiger charge is -2.48. The minimum Gasteiger partial charge on any atom is -0.459 e. The van der Waals surface area contributed by atoms with E-state index in [0.717, 1.165) is 22.7 Å². The van der Waals surface area contributed by atoms with E-state index in [-0.39, 0.29) is 38.4 Å². The fourth-order valence-electron chi connectivity index (χ4n) is 7.60. The van der Waals surface area contributed by atoms with Crippen molar-refractivity contribution in [1.82, 2.24) is 0 Å². The Morgan fingerprint density at radius 3 is 1.62 bits per heavy atom. The molecule has 0 bridgehead atoms. The first-order valence-corrected chi connectivity index (χ1v) is 26.0. The summed E-state index contributed by atoms with van der Waals surface area (Å²) in [6.07, 6.45) is -9.05. The lowest BCUT2D eigenvalue weighted by atomic mass is 9.97. The Hall–Kier alpha value is -5.06. The van der Waals surface area contributed by atoms with Crippen LogP contribution in [0.2, 0.25) is 25.7 Å². The highest BCUT2D eigenvalue weighted by Crippen LogP contribution is 2.35. The van der Waals surface area contributed by atoms with Crippen LogP contribution in [-0.4, -0.2) is 100 Å². The van der Waals surface area contributed by atoms with Crippen molar-refractivity contribution in [3.8, 4) is 0 Å². The van der Waals surface area contributed by atoms with Gasteiger partial charge in [-0.2, -0.15) is 0 Å². The summed E-state index contributed by atoms with van der Waals surface area (Å²) in [5.41, 5.74) is 3.47. The Morgan fingerprint density at radius 2 is 1.06 bits per heavy atom. The number of hydrogen-bond donors (Lipinski definition) is 1. The molecule has 65 heavy (non-hydrogen) atoms. The van der Waals surface area contributed by atoms with E-state index in [9.17, 15) is 14.7 Å². The molecule has 9 atom stereocenters. The van der Waals surface area contributed by atoms with Crippen molar-refractivity contribution in [2.75, 3.05) is 19.8 Å². The molecule has 344 valence electrons. The molecule has 0 saturated carbocycles. The Bertz CT molecular complexity index is 2160. The molecule has 13 heteroatoms. The highest BCUT2D eigenvalue weighted by Gasteiger charge is 2.52. The monoisotopic (exact) mass is 904 g/mol. The van der Waals surface area contributed by atoms with E-state index < -0.39 is 75.3 Å². The smallest absolute Gasteiger partial charge is 0.338 e. The molecule has 0 radical (unpaired) electrons. The van der Waals surface area contributed by atoms with Gasteiger partial charge in [-0.25, -0.2) is 9.59 Å². The largest absolute Gasteiger partial charge is 0.459 e. The van der Waals surface area contributed by atoms with Gasteiger partial charge in [-0.3, -0.25) is 0 Å². The summed E-state index contributed by atoms with van der Waals surface area (Å²) in [5, 5.41) is 11.8. The Balaban J connectivity index is 1.20. The molecule has 1 N–H and O–H groups in total. The number of ether oxygens (including phenoxy) is 9. The number of aliphatic hydroxyl groups is 1. The van der Waals surface area contributed by atoms with Crippen LogP contribution in [-0.2, 0) is 62.5 Å². The maximum Gasteiger partial charge on any atom is 0.338 e. The van der Waals surface area contributed by atoms with Crippen molar-refractivity contribution < 1.29 is 57.3 Å². The number of carbonyl (C=O) groups excluding carboxylic acids is 2. The minimum absolute atomic E-state index is 0.0781. The summed E-state index contributed by atoms with van der Waals surface area (Å²) in [4.78, 5) is 26.6. The molecule has 12 nitrogen and oxygen atoms in total. The molecule has 0 amide bonds. The van der Waals surface area contributed by atoms with Crippen LogP contribution in [0.1, 0.15) is 43.8 Å². The fourth-order valence-corrected chi connectivity index (χ4v) is 8.33. The molecule has 2 aliphatic rings. The van der Waals surface area contributed by atoms with Crippen LogP contribution in [0.5, 0.6) is 0 Å². The standard InChI is InChI=1S/C52H60O12Si/c1-65(2,3)30-29-57-52-49(59-34-39-23-13-6-14-24-39)48(58-33-38-21-11-5-12-22-38)47(43(62-52)35-56-32-37-19-9-4-10-20-37)63-45-31-42(53)46(64-51(55)41-27-17-8-18-28-41)44(61-45)36-60-50(54)40-25-15-7-16-26-40/h4-28,42-49,52-53H,29-36H2,1-3H3/t42-,43-,44-,45+,46-,47-,48+,49-,52-/m1/s1. The maximum atomic E-state index is 13.4. The van der Waals surface area contributed by atoms with E-state index in [1.54, 1.807) is 60.7 Å². The number of carbonyl (C=O) groups is 2. The van der Waals surface area contributed by atoms with Crippen LogP contribution >= 0.6 is 0 Å². The van der Waals surface area contributed by atoms with Crippen molar-refractivity contribution in [3.05, 3.63) is 179 Å². The molecule has 2 heterocycles. The second-order valence-electron chi connectivity index (χ2n) is 17.5. The van der Waals surface area contributed by atoms with Gasteiger partial charge < -0.3 is 47.7 Å². The van der Waals surface area contributed by atoms with Gasteiger partial charge >= 0.3 is 11.9 Å². The third-order valence-corrected chi connectivity index (χ3v) is 12.8. The SMILES string of the molecule is C[Si](C)(C)CCO[C@@H]1O[C@H](COCc2ccccc2)[C@@H](O[C@H]2C[C@@H](O)[C@@H](OC(=O)c3ccccc3)[C@@H](COC(=O)c3ccccc3)O2)[C@H](OCc2ccccc2)[C@H]1OCc1ccccc1. The van der Waals surface area contributed by atoms with Crippen molar-refractivity contribution in [3.63, 3.8) is 0 Å². The molecule has 2 saturated heterocycles. The van der Waals surface area contributed by atoms with E-state index in [0.29, 0.717) is 18.8 Å². The van der Waals surface area contributed by atoms with Crippen LogP contribution in [0.25, 0.3) is 0 Å². The normalized spacial score (nSPS) is 24.5. The average molecular weight is 905 g/mol. The highest BCUT2D eigenvalue weighted by molar-refractivity contribution is 6.76. The second kappa shape index (κ2) is 23.9. The minimum atomic E-state index is -1.52. The molecule has 0 aliphatic carbocycles. The quantitative estimate of drug-likeness (QED) is 0.0560. The predicted octanol–water partition coefficient (Wildman–Crippen LogP) is 8.40. The fraction of sp³-hybridized carbons (Fsp3) is 0.385. The summed E-state index contributed by atoms with van der Waals surface area (Å²) in [5.74, 6) is -1.27. The Kier molecular flexibility index (Phi) is 17.6. The van der Waals surface area contributed by atoms with Crippen molar-refractivity contribution in [2.24, 2.45) is 0 Å². The number of rotatable bonds is 21.